The highest BCUT2D eigenvalue weighted by atomic mass is 32.1. The Kier molecular flexibility index (Phi) is 4.08. The highest BCUT2D eigenvalue weighted by Crippen LogP contribution is 2.11. The lowest BCUT2D eigenvalue weighted by atomic mass is 10.3. The van der Waals surface area contributed by atoms with Crippen LogP contribution in [-0.2, 0) is 17.9 Å². The maximum Gasteiger partial charge on any atom is 0.325 e. The Morgan fingerprint density at radius 2 is 2.25 bits per heavy atom. The number of carbonyl (C=O) groups is 2. The number of hydrogen-bond acceptors (Lipinski definition) is 6. The molecule has 1 N–H and O–H groups in total. The van der Waals surface area contributed by atoms with E-state index in [1.807, 2.05) is 12.3 Å². The molecule has 0 aliphatic heterocycles. The molecule has 0 radical (unpaired) electrons. The Bertz CT molecular complexity index is 636. The number of carbonyl (C=O) groups excluding carboxylic acids is 1. The van der Waals surface area contributed by atoms with E-state index in [0.29, 0.717) is 6.54 Å². The summed E-state index contributed by atoms with van der Waals surface area (Å²) in [5.41, 5.74) is 0.918. The van der Waals surface area contributed by atoms with Gasteiger partial charge in [-0.25, -0.2) is 9.67 Å². The molecule has 2 rings (SSSR count). The average Bonchev–Trinajstić information content (AvgIpc) is 2.97. The van der Waals surface area contributed by atoms with Crippen LogP contribution in [0.3, 0.4) is 0 Å². The fourth-order valence-corrected chi connectivity index (χ4v) is 2.21. The van der Waals surface area contributed by atoms with Gasteiger partial charge in [-0.1, -0.05) is 5.21 Å². The topological polar surface area (TPSA) is 101 Å². The van der Waals surface area contributed by atoms with Gasteiger partial charge in [-0.3, -0.25) is 9.59 Å². The van der Waals surface area contributed by atoms with Crippen molar-refractivity contribution < 1.29 is 14.7 Å². The predicted molar refractivity (Wildman–Crippen MR) is 70.3 cm³/mol. The highest BCUT2D eigenvalue weighted by molar-refractivity contribution is 7.09. The number of amides is 1. The molecule has 20 heavy (non-hydrogen) atoms. The van der Waals surface area contributed by atoms with Crippen molar-refractivity contribution in [2.45, 2.75) is 20.0 Å². The molecule has 0 atom stereocenters. The number of carboxylic acids is 1. The molecule has 1 amide bonds. The third-order valence-electron chi connectivity index (χ3n) is 2.47. The Hall–Kier alpha value is -2.29. The molecule has 2 aromatic heterocycles. The van der Waals surface area contributed by atoms with Crippen molar-refractivity contribution in [1.29, 1.82) is 0 Å². The monoisotopic (exact) mass is 295 g/mol. The third-order valence-corrected chi connectivity index (χ3v) is 3.29. The van der Waals surface area contributed by atoms with Gasteiger partial charge in [0.1, 0.15) is 6.54 Å². The van der Waals surface area contributed by atoms with Crippen LogP contribution in [0.4, 0.5) is 0 Å². The summed E-state index contributed by atoms with van der Waals surface area (Å²) in [7, 11) is 1.63. The van der Waals surface area contributed by atoms with E-state index in [2.05, 4.69) is 15.3 Å². The number of aliphatic carboxylic acids is 1. The molecule has 106 valence electrons. The van der Waals surface area contributed by atoms with Gasteiger partial charge in [0, 0.05) is 12.4 Å². The number of thiazole rings is 1. The zero-order valence-corrected chi connectivity index (χ0v) is 11.8. The molecule has 2 aromatic rings. The second-order valence-electron chi connectivity index (χ2n) is 4.21. The third kappa shape index (κ3) is 3.38. The van der Waals surface area contributed by atoms with Crippen molar-refractivity contribution in [3.8, 4) is 0 Å². The van der Waals surface area contributed by atoms with Gasteiger partial charge in [-0.15, -0.1) is 16.4 Å². The molecule has 0 spiro atoms. The maximum atomic E-state index is 12.1. The van der Waals surface area contributed by atoms with E-state index >= 15 is 0 Å². The van der Waals surface area contributed by atoms with Gasteiger partial charge >= 0.3 is 5.97 Å². The number of carboxylic acid groups (broad SMARTS) is 1. The summed E-state index contributed by atoms with van der Waals surface area (Å²) in [5.74, 6) is -1.37. The van der Waals surface area contributed by atoms with Crippen LogP contribution < -0.4 is 0 Å². The lowest BCUT2D eigenvalue weighted by molar-refractivity contribution is -0.137. The van der Waals surface area contributed by atoms with Crippen LogP contribution in [0, 0.1) is 6.92 Å². The Balaban J connectivity index is 2.02. The second-order valence-corrected chi connectivity index (χ2v) is 5.28. The van der Waals surface area contributed by atoms with Crippen LogP contribution in [0.25, 0.3) is 0 Å². The van der Waals surface area contributed by atoms with E-state index < -0.39 is 5.97 Å². The molecule has 0 saturated heterocycles. The largest absolute Gasteiger partial charge is 0.480 e. The van der Waals surface area contributed by atoms with Gasteiger partial charge in [0.2, 0.25) is 0 Å². The molecular weight excluding hydrogens is 282 g/mol. The first kappa shape index (κ1) is 14.1. The molecule has 0 bridgehead atoms. The smallest absolute Gasteiger partial charge is 0.325 e. The normalized spacial score (nSPS) is 10.5. The number of rotatable bonds is 5. The molecule has 0 aliphatic carbocycles. The summed E-state index contributed by atoms with van der Waals surface area (Å²) in [6, 6.07) is 0. The van der Waals surface area contributed by atoms with Crippen molar-refractivity contribution in [2.75, 3.05) is 7.05 Å². The quantitative estimate of drug-likeness (QED) is 0.856. The SMILES string of the molecule is Cc1nc(CN(C)C(=O)c2cn(CC(=O)O)nn2)cs1. The van der Waals surface area contributed by atoms with Crippen LogP contribution >= 0.6 is 11.3 Å². The standard InChI is InChI=1S/C11H13N5O3S/c1-7-12-8(6-20-7)3-15(2)11(19)9-4-16(14-13-9)5-10(17)18/h4,6H,3,5H2,1-2H3,(H,17,18). The van der Waals surface area contributed by atoms with Gasteiger partial charge < -0.3 is 10.0 Å². The summed E-state index contributed by atoms with van der Waals surface area (Å²) in [5, 5.41) is 18.7. The summed E-state index contributed by atoms with van der Waals surface area (Å²) in [6.45, 7) is 1.94. The summed E-state index contributed by atoms with van der Waals surface area (Å²) < 4.78 is 1.11. The zero-order chi connectivity index (χ0) is 14.7. The second kappa shape index (κ2) is 5.78. The maximum absolute atomic E-state index is 12.1. The Labute approximate surface area is 118 Å². The summed E-state index contributed by atoms with van der Waals surface area (Å²) >= 11 is 1.52. The van der Waals surface area contributed by atoms with Crippen LogP contribution in [0.5, 0.6) is 0 Å². The van der Waals surface area contributed by atoms with Crippen LogP contribution in [-0.4, -0.2) is 48.9 Å². The van der Waals surface area contributed by atoms with Gasteiger partial charge in [0.05, 0.1) is 23.4 Å². The molecule has 2 heterocycles. The molecule has 8 nitrogen and oxygen atoms in total. The molecular formula is C11H13N5O3S. The number of aryl methyl sites for hydroxylation is 1. The molecule has 0 saturated carbocycles. The van der Waals surface area contributed by atoms with E-state index in [1.165, 1.54) is 22.4 Å². The van der Waals surface area contributed by atoms with Crippen LogP contribution in [0.2, 0.25) is 0 Å². The number of hydrogen-bond donors (Lipinski definition) is 1. The van der Waals surface area contributed by atoms with Crippen LogP contribution in [0.1, 0.15) is 21.2 Å². The van der Waals surface area contributed by atoms with Gasteiger partial charge in [0.15, 0.2) is 5.69 Å². The van der Waals surface area contributed by atoms with Crippen molar-refractivity contribution in [2.24, 2.45) is 0 Å². The van der Waals surface area contributed by atoms with E-state index in [0.717, 1.165) is 15.4 Å². The minimum absolute atomic E-state index is 0.112. The predicted octanol–water partition coefficient (Wildman–Crippen LogP) is 0.400. The number of nitrogens with zero attached hydrogens (tertiary/aromatic N) is 5. The number of aromatic nitrogens is 4. The van der Waals surface area contributed by atoms with E-state index in [1.54, 1.807) is 7.05 Å². The van der Waals surface area contributed by atoms with E-state index in [-0.39, 0.29) is 18.1 Å². The molecule has 0 aromatic carbocycles. The molecule has 9 heteroatoms. The van der Waals surface area contributed by atoms with Crippen molar-refractivity contribution in [3.63, 3.8) is 0 Å². The van der Waals surface area contributed by atoms with E-state index in [9.17, 15) is 9.59 Å². The summed E-state index contributed by atoms with van der Waals surface area (Å²) in [4.78, 5) is 28.4. The van der Waals surface area contributed by atoms with Gasteiger partial charge in [-0.2, -0.15) is 0 Å². The molecule has 0 fully saturated rings. The Morgan fingerprint density at radius 1 is 1.50 bits per heavy atom. The summed E-state index contributed by atoms with van der Waals surface area (Å²) in [6.07, 6.45) is 1.32. The van der Waals surface area contributed by atoms with Crippen molar-refractivity contribution >= 4 is 23.2 Å². The first-order valence-electron chi connectivity index (χ1n) is 5.74. The fourth-order valence-electron chi connectivity index (χ4n) is 1.60. The Morgan fingerprint density at radius 3 is 2.85 bits per heavy atom. The lowest BCUT2D eigenvalue weighted by Crippen LogP contribution is -2.26. The van der Waals surface area contributed by atoms with E-state index in [4.69, 9.17) is 5.11 Å². The first-order valence-corrected chi connectivity index (χ1v) is 6.62. The van der Waals surface area contributed by atoms with Gasteiger partial charge in [-0.05, 0) is 6.92 Å². The first-order chi connectivity index (χ1) is 9.45. The van der Waals surface area contributed by atoms with Gasteiger partial charge in [0.25, 0.3) is 5.91 Å². The fraction of sp³-hybridized carbons (Fsp3) is 0.364. The zero-order valence-electron chi connectivity index (χ0n) is 11.0. The lowest BCUT2D eigenvalue weighted by Gasteiger charge is -2.13. The minimum Gasteiger partial charge on any atom is -0.480 e. The average molecular weight is 295 g/mol. The minimum atomic E-state index is -1.04. The highest BCUT2D eigenvalue weighted by Gasteiger charge is 2.17. The molecule has 0 unspecified atom stereocenters. The van der Waals surface area contributed by atoms with Crippen molar-refractivity contribution in [1.82, 2.24) is 24.9 Å². The molecule has 0 aliphatic rings. The van der Waals surface area contributed by atoms with Crippen LogP contribution in [0.15, 0.2) is 11.6 Å². The van der Waals surface area contributed by atoms with Crippen molar-refractivity contribution in [3.05, 3.63) is 28.0 Å².